The number of carboxylic acid groups (broad SMARTS) is 1. The van der Waals surface area contributed by atoms with Crippen LogP contribution in [-0.4, -0.2) is 47.2 Å². The molecule has 1 unspecified atom stereocenters. The number of aromatic carboxylic acids is 1. The predicted octanol–water partition coefficient (Wildman–Crippen LogP) is 1.64. The Labute approximate surface area is 106 Å². The number of carboxylic acids is 1. The maximum Gasteiger partial charge on any atom is 0.354 e. The first kappa shape index (κ1) is 12.8. The Kier molecular flexibility index (Phi) is 4.15. The number of aromatic nitrogens is 1. The van der Waals surface area contributed by atoms with Gasteiger partial charge in [0.05, 0.1) is 6.61 Å². The fourth-order valence-electron chi connectivity index (χ4n) is 2.26. The third-order valence-electron chi connectivity index (χ3n) is 3.32. The third-order valence-corrected chi connectivity index (χ3v) is 3.32. The molecule has 0 spiro atoms. The molecule has 1 fully saturated rings. The molecular formula is C13H18N2O3. The van der Waals surface area contributed by atoms with E-state index in [0.717, 1.165) is 13.0 Å². The molecule has 5 nitrogen and oxygen atoms in total. The molecule has 98 valence electrons. The Balaban J connectivity index is 1.83. The number of ether oxygens (including phenoxy) is 1. The van der Waals surface area contributed by atoms with E-state index < -0.39 is 5.97 Å². The van der Waals surface area contributed by atoms with Crippen LogP contribution in [-0.2, 0) is 0 Å². The Morgan fingerprint density at radius 2 is 2.44 bits per heavy atom. The largest absolute Gasteiger partial charge is 0.478 e. The maximum absolute atomic E-state index is 10.8. The predicted molar refractivity (Wildman–Crippen MR) is 67.0 cm³/mol. The van der Waals surface area contributed by atoms with E-state index in [4.69, 9.17) is 9.84 Å². The molecule has 1 saturated heterocycles. The first-order chi connectivity index (χ1) is 8.66. The molecule has 1 aromatic rings. The molecule has 0 aromatic carbocycles. The first-order valence-corrected chi connectivity index (χ1v) is 6.20. The SMILES string of the molecule is CN1CCCC1CCOc1cccc(C(=O)O)n1. The van der Waals surface area contributed by atoms with Gasteiger partial charge in [0.1, 0.15) is 0 Å². The third kappa shape index (κ3) is 3.20. The van der Waals surface area contributed by atoms with E-state index in [1.165, 1.54) is 18.9 Å². The monoisotopic (exact) mass is 250 g/mol. The van der Waals surface area contributed by atoms with Gasteiger partial charge in [-0.3, -0.25) is 0 Å². The zero-order valence-corrected chi connectivity index (χ0v) is 10.5. The van der Waals surface area contributed by atoms with Gasteiger partial charge in [0, 0.05) is 12.1 Å². The van der Waals surface area contributed by atoms with Crippen molar-refractivity contribution >= 4 is 5.97 Å². The Morgan fingerprint density at radius 1 is 1.61 bits per heavy atom. The van der Waals surface area contributed by atoms with Crippen LogP contribution in [0, 0.1) is 0 Å². The summed E-state index contributed by atoms with van der Waals surface area (Å²) >= 11 is 0. The molecule has 0 aliphatic carbocycles. The van der Waals surface area contributed by atoms with Crippen LogP contribution in [0.3, 0.4) is 0 Å². The van der Waals surface area contributed by atoms with Crippen LogP contribution in [0.1, 0.15) is 29.8 Å². The molecule has 0 bridgehead atoms. The Hall–Kier alpha value is -1.62. The summed E-state index contributed by atoms with van der Waals surface area (Å²) in [5.74, 6) is -0.647. The zero-order valence-electron chi connectivity index (χ0n) is 10.5. The van der Waals surface area contributed by atoms with Crippen molar-refractivity contribution in [3.05, 3.63) is 23.9 Å². The van der Waals surface area contributed by atoms with Gasteiger partial charge in [-0.15, -0.1) is 0 Å². The summed E-state index contributed by atoms with van der Waals surface area (Å²) in [5.41, 5.74) is 0.0190. The summed E-state index contributed by atoms with van der Waals surface area (Å²) in [6.45, 7) is 1.72. The minimum Gasteiger partial charge on any atom is -0.478 e. The molecule has 18 heavy (non-hydrogen) atoms. The highest BCUT2D eigenvalue weighted by molar-refractivity contribution is 5.85. The second kappa shape index (κ2) is 5.82. The number of nitrogens with zero attached hydrogens (tertiary/aromatic N) is 2. The standard InChI is InChI=1S/C13H18N2O3/c1-15-8-3-4-10(15)7-9-18-12-6-2-5-11(14-12)13(16)17/h2,5-6,10H,3-4,7-9H2,1H3,(H,16,17). The van der Waals surface area contributed by atoms with Crippen molar-refractivity contribution in [3.8, 4) is 5.88 Å². The summed E-state index contributed by atoms with van der Waals surface area (Å²) in [6, 6.07) is 5.37. The number of hydrogen-bond donors (Lipinski definition) is 1. The quantitative estimate of drug-likeness (QED) is 0.860. The normalized spacial score (nSPS) is 19.9. The van der Waals surface area contributed by atoms with Crippen LogP contribution in [0.5, 0.6) is 5.88 Å². The van der Waals surface area contributed by atoms with Crippen molar-refractivity contribution in [1.29, 1.82) is 0 Å². The average molecular weight is 250 g/mol. The number of pyridine rings is 1. The molecule has 5 heteroatoms. The minimum atomic E-state index is -1.03. The molecule has 1 atom stereocenters. The van der Waals surface area contributed by atoms with Gasteiger partial charge in [-0.1, -0.05) is 6.07 Å². The fourth-order valence-corrected chi connectivity index (χ4v) is 2.26. The molecule has 1 aromatic heterocycles. The van der Waals surface area contributed by atoms with E-state index in [1.54, 1.807) is 12.1 Å². The second-order valence-corrected chi connectivity index (χ2v) is 4.58. The van der Waals surface area contributed by atoms with Gasteiger partial charge in [0.25, 0.3) is 0 Å². The zero-order chi connectivity index (χ0) is 13.0. The summed E-state index contributed by atoms with van der Waals surface area (Å²) in [5, 5.41) is 8.82. The van der Waals surface area contributed by atoms with Gasteiger partial charge in [-0.25, -0.2) is 9.78 Å². The van der Waals surface area contributed by atoms with E-state index in [-0.39, 0.29) is 5.69 Å². The molecule has 1 aliphatic heterocycles. The Morgan fingerprint density at radius 3 is 3.11 bits per heavy atom. The lowest BCUT2D eigenvalue weighted by molar-refractivity contribution is 0.0689. The molecule has 0 radical (unpaired) electrons. The van der Waals surface area contributed by atoms with Crippen molar-refractivity contribution < 1.29 is 14.6 Å². The molecule has 2 rings (SSSR count). The van der Waals surface area contributed by atoms with Crippen LogP contribution in [0.15, 0.2) is 18.2 Å². The molecule has 2 heterocycles. The van der Waals surface area contributed by atoms with Gasteiger partial charge >= 0.3 is 5.97 Å². The van der Waals surface area contributed by atoms with Crippen molar-refractivity contribution in [1.82, 2.24) is 9.88 Å². The summed E-state index contributed by atoms with van der Waals surface area (Å²) in [6.07, 6.45) is 3.41. The van der Waals surface area contributed by atoms with Gasteiger partial charge in [0.2, 0.25) is 5.88 Å². The highest BCUT2D eigenvalue weighted by Crippen LogP contribution is 2.18. The molecule has 1 N–H and O–H groups in total. The minimum absolute atomic E-state index is 0.0190. The van der Waals surface area contributed by atoms with E-state index in [2.05, 4.69) is 16.9 Å². The summed E-state index contributed by atoms with van der Waals surface area (Å²) in [4.78, 5) is 17.0. The maximum atomic E-state index is 10.8. The second-order valence-electron chi connectivity index (χ2n) is 4.58. The van der Waals surface area contributed by atoms with Crippen molar-refractivity contribution in [2.75, 3.05) is 20.2 Å². The van der Waals surface area contributed by atoms with E-state index >= 15 is 0 Å². The lowest BCUT2D eigenvalue weighted by atomic mass is 10.1. The van der Waals surface area contributed by atoms with E-state index in [9.17, 15) is 4.79 Å². The fraction of sp³-hybridized carbons (Fsp3) is 0.538. The lowest BCUT2D eigenvalue weighted by Gasteiger charge is -2.19. The number of rotatable bonds is 5. The van der Waals surface area contributed by atoms with Crippen LogP contribution in [0.25, 0.3) is 0 Å². The van der Waals surface area contributed by atoms with Crippen LogP contribution < -0.4 is 4.74 Å². The molecule has 1 aliphatic rings. The smallest absolute Gasteiger partial charge is 0.354 e. The first-order valence-electron chi connectivity index (χ1n) is 6.20. The van der Waals surface area contributed by atoms with Crippen molar-refractivity contribution in [3.63, 3.8) is 0 Å². The van der Waals surface area contributed by atoms with Gasteiger partial charge in [-0.2, -0.15) is 0 Å². The van der Waals surface area contributed by atoms with Crippen LogP contribution in [0.4, 0.5) is 0 Å². The highest BCUT2D eigenvalue weighted by Gasteiger charge is 2.20. The number of likely N-dealkylation sites (tertiary alicyclic amines) is 1. The average Bonchev–Trinajstić information content (AvgIpc) is 2.76. The molecular weight excluding hydrogens is 232 g/mol. The van der Waals surface area contributed by atoms with Gasteiger partial charge in [0.15, 0.2) is 5.69 Å². The number of hydrogen-bond acceptors (Lipinski definition) is 4. The Bertz CT molecular complexity index is 422. The van der Waals surface area contributed by atoms with Gasteiger partial charge < -0.3 is 14.7 Å². The summed E-state index contributed by atoms with van der Waals surface area (Å²) < 4.78 is 5.51. The van der Waals surface area contributed by atoms with E-state index in [1.807, 2.05) is 0 Å². The summed E-state index contributed by atoms with van der Waals surface area (Å²) in [7, 11) is 2.13. The molecule has 0 saturated carbocycles. The van der Waals surface area contributed by atoms with Crippen molar-refractivity contribution in [2.24, 2.45) is 0 Å². The number of carbonyl (C=O) groups is 1. The highest BCUT2D eigenvalue weighted by atomic mass is 16.5. The topological polar surface area (TPSA) is 62.7 Å². The van der Waals surface area contributed by atoms with E-state index in [0.29, 0.717) is 18.5 Å². The van der Waals surface area contributed by atoms with Crippen molar-refractivity contribution in [2.45, 2.75) is 25.3 Å². The van der Waals surface area contributed by atoms with Gasteiger partial charge in [-0.05, 0) is 38.9 Å². The van der Waals surface area contributed by atoms with Crippen LogP contribution >= 0.6 is 0 Å². The van der Waals surface area contributed by atoms with Crippen LogP contribution in [0.2, 0.25) is 0 Å². The molecule has 0 amide bonds. The lowest BCUT2D eigenvalue weighted by Crippen LogP contribution is -2.26.